The van der Waals surface area contributed by atoms with Crippen LogP contribution < -0.4 is 5.32 Å². The molecule has 0 radical (unpaired) electrons. The zero-order valence-corrected chi connectivity index (χ0v) is 16.2. The average molecular weight is 379 g/mol. The molecule has 0 spiro atoms. The number of likely N-dealkylation sites (tertiary alicyclic amines) is 1. The van der Waals surface area contributed by atoms with E-state index >= 15 is 0 Å². The zero-order valence-electron chi connectivity index (χ0n) is 15.4. The molecule has 2 aromatic heterocycles. The molecule has 1 N–H and O–H groups in total. The summed E-state index contributed by atoms with van der Waals surface area (Å²) < 4.78 is 1.24. The Hall–Kier alpha value is -2.38. The molecule has 27 heavy (non-hydrogen) atoms. The van der Waals surface area contributed by atoms with Gasteiger partial charge in [-0.15, -0.1) is 16.4 Å². The third-order valence-electron chi connectivity index (χ3n) is 5.59. The molecule has 5 rings (SSSR count). The van der Waals surface area contributed by atoms with Gasteiger partial charge in [0.1, 0.15) is 12.4 Å². The summed E-state index contributed by atoms with van der Waals surface area (Å²) in [5.74, 6) is 0.996. The lowest BCUT2D eigenvalue weighted by Gasteiger charge is -2.23. The molecule has 1 saturated heterocycles. The number of benzene rings is 1. The summed E-state index contributed by atoms with van der Waals surface area (Å²) in [5, 5.41) is 20.1. The minimum Gasteiger partial charge on any atom is -0.367 e. The summed E-state index contributed by atoms with van der Waals surface area (Å²) in [7, 11) is 0. The van der Waals surface area contributed by atoms with Gasteiger partial charge in [0.05, 0.1) is 15.9 Å². The van der Waals surface area contributed by atoms with Crippen molar-refractivity contribution in [2.75, 3.05) is 31.5 Å². The third-order valence-corrected chi connectivity index (χ3v) is 6.51. The molecule has 4 heterocycles. The van der Waals surface area contributed by atoms with E-state index in [1.807, 2.05) is 0 Å². The minimum absolute atomic E-state index is 0.547. The SMILES string of the molecule is CCN1CCCC1CNc1nc2cc(C3=NN=NC3)ccc2c2ccsc12. The van der Waals surface area contributed by atoms with Crippen molar-refractivity contribution in [1.29, 1.82) is 0 Å². The normalized spacial score (nSPS) is 20.0. The van der Waals surface area contributed by atoms with Gasteiger partial charge in [-0.25, -0.2) is 4.98 Å². The number of nitrogens with one attached hydrogen (secondary N) is 1. The van der Waals surface area contributed by atoms with Gasteiger partial charge in [0.25, 0.3) is 0 Å². The van der Waals surface area contributed by atoms with Crippen molar-refractivity contribution >= 4 is 43.9 Å². The highest BCUT2D eigenvalue weighted by atomic mass is 32.1. The lowest BCUT2D eigenvalue weighted by molar-refractivity contribution is 0.277. The van der Waals surface area contributed by atoms with Crippen LogP contribution in [0, 0.1) is 0 Å². The van der Waals surface area contributed by atoms with Crippen molar-refractivity contribution in [2.24, 2.45) is 15.4 Å². The molecule has 1 atom stereocenters. The van der Waals surface area contributed by atoms with E-state index in [9.17, 15) is 0 Å². The highest BCUT2D eigenvalue weighted by molar-refractivity contribution is 7.18. The van der Waals surface area contributed by atoms with Gasteiger partial charge >= 0.3 is 0 Å². The van der Waals surface area contributed by atoms with Crippen molar-refractivity contribution in [3.05, 3.63) is 35.2 Å². The highest BCUT2D eigenvalue weighted by Crippen LogP contribution is 2.34. The van der Waals surface area contributed by atoms with Crippen LogP contribution >= 0.6 is 11.3 Å². The number of likely N-dealkylation sites (N-methyl/N-ethyl adjacent to an activating group) is 1. The molecule has 138 valence electrons. The maximum atomic E-state index is 4.98. The molecule has 2 aliphatic rings. The van der Waals surface area contributed by atoms with E-state index in [1.165, 1.54) is 34.9 Å². The molecule has 0 saturated carbocycles. The van der Waals surface area contributed by atoms with Crippen LogP contribution in [0.5, 0.6) is 0 Å². The summed E-state index contributed by atoms with van der Waals surface area (Å²) in [6.45, 7) is 6.07. The predicted octanol–water partition coefficient (Wildman–Crippen LogP) is 4.52. The third kappa shape index (κ3) is 3.00. The number of hydrogen-bond acceptors (Lipinski definition) is 7. The number of anilines is 1. The number of rotatable bonds is 5. The summed E-state index contributed by atoms with van der Waals surface area (Å²) in [4.78, 5) is 7.54. The van der Waals surface area contributed by atoms with Gasteiger partial charge in [-0.1, -0.05) is 19.1 Å². The second kappa shape index (κ2) is 6.98. The largest absolute Gasteiger partial charge is 0.367 e. The van der Waals surface area contributed by atoms with E-state index in [2.05, 4.69) is 62.2 Å². The van der Waals surface area contributed by atoms with E-state index in [4.69, 9.17) is 4.98 Å². The fraction of sp³-hybridized carbons (Fsp3) is 0.400. The fourth-order valence-electron chi connectivity index (χ4n) is 4.15. The Morgan fingerprint density at radius 3 is 3.07 bits per heavy atom. The second-order valence-corrected chi connectivity index (χ2v) is 8.01. The van der Waals surface area contributed by atoms with Gasteiger partial charge in [-0.05, 0) is 48.7 Å². The zero-order chi connectivity index (χ0) is 18.2. The van der Waals surface area contributed by atoms with Crippen LogP contribution in [0.15, 0.2) is 45.1 Å². The van der Waals surface area contributed by atoms with E-state index in [0.717, 1.165) is 35.7 Å². The van der Waals surface area contributed by atoms with Gasteiger partial charge in [0, 0.05) is 28.9 Å². The molecule has 7 heteroatoms. The molecule has 3 aromatic rings. The Kier molecular flexibility index (Phi) is 4.33. The van der Waals surface area contributed by atoms with Crippen LogP contribution in [-0.4, -0.2) is 47.8 Å². The van der Waals surface area contributed by atoms with Crippen molar-refractivity contribution in [3.63, 3.8) is 0 Å². The van der Waals surface area contributed by atoms with Gasteiger partial charge in [0.2, 0.25) is 0 Å². The fourth-order valence-corrected chi connectivity index (χ4v) is 5.02. The monoisotopic (exact) mass is 378 g/mol. The first-order valence-corrected chi connectivity index (χ1v) is 10.4. The maximum absolute atomic E-state index is 4.98. The molecule has 1 fully saturated rings. The Bertz CT molecular complexity index is 1050. The van der Waals surface area contributed by atoms with Crippen LogP contribution in [-0.2, 0) is 0 Å². The lowest BCUT2D eigenvalue weighted by Crippen LogP contribution is -2.34. The quantitative estimate of drug-likeness (QED) is 0.710. The van der Waals surface area contributed by atoms with Crippen LogP contribution in [0.4, 0.5) is 5.82 Å². The molecule has 6 nitrogen and oxygen atoms in total. The summed E-state index contributed by atoms with van der Waals surface area (Å²) in [5.41, 5.74) is 2.95. The van der Waals surface area contributed by atoms with Crippen molar-refractivity contribution in [1.82, 2.24) is 9.88 Å². The molecule has 1 aromatic carbocycles. The van der Waals surface area contributed by atoms with E-state index in [1.54, 1.807) is 11.3 Å². The van der Waals surface area contributed by atoms with E-state index in [-0.39, 0.29) is 0 Å². The molecule has 1 unspecified atom stereocenters. The number of hydrogen-bond donors (Lipinski definition) is 1. The van der Waals surface area contributed by atoms with Gasteiger partial charge in [-0.2, -0.15) is 5.11 Å². The summed E-state index contributed by atoms with van der Waals surface area (Å²) >= 11 is 1.76. The summed E-state index contributed by atoms with van der Waals surface area (Å²) in [6, 6.07) is 9.15. The number of fused-ring (bicyclic) bond motifs is 3. The van der Waals surface area contributed by atoms with E-state index in [0.29, 0.717) is 12.6 Å². The Morgan fingerprint density at radius 2 is 2.22 bits per heavy atom. The van der Waals surface area contributed by atoms with Crippen molar-refractivity contribution < 1.29 is 0 Å². The second-order valence-electron chi connectivity index (χ2n) is 7.10. The molecular weight excluding hydrogens is 356 g/mol. The van der Waals surface area contributed by atoms with Gasteiger partial charge in [-0.3, -0.25) is 4.90 Å². The maximum Gasteiger partial charge on any atom is 0.144 e. The number of pyridine rings is 1. The van der Waals surface area contributed by atoms with Crippen LogP contribution in [0.3, 0.4) is 0 Å². The molecule has 0 amide bonds. The standard InChI is InChI=1S/C20H22N6S/c1-2-26-8-3-4-14(26)11-21-20-19-16(7-9-27-19)15-6-5-13(10-17(15)23-20)18-12-22-25-24-18/h5-7,9-10,14H,2-4,8,11-12H2,1H3,(H,21,23). The number of aromatic nitrogens is 1. The predicted molar refractivity (Wildman–Crippen MR) is 112 cm³/mol. The van der Waals surface area contributed by atoms with Gasteiger partial charge < -0.3 is 5.32 Å². The lowest BCUT2D eigenvalue weighted by atomic mass is 10.1. The number of nitrogens with zero attached hydrogens (tertiary/aromatic N) is 5. The Morgan fingerprint density at radius 1 is 1.26 bits per heavy atom. The Labute approximate surface area is 162 Å². The van der Waals surface area contributed by atoms with Gasteiger partial charge in [0.15, 0.2) is 0 Å². The first kappa shape index (κ1) is 16.8. The van der Waals surface area contributed by atoms with Crippen LogP contribution in [0.25, 0.3) is 21.0 Å². The van der Waals surface area contributed by atoms with Crippen LogP contribution in [0.1, 0.15) is 25.3 Å². The molecule has 2 aliphatic heterocycles. The van der Waals surface area contributed by atoms with Crippen molar-refractivity contribution in [3.8, 4) is 0 Å². The average Bonchev–Trinajstić information content (AvgIpc) is 3.46. The van der Waals surface area contributed by atoms with Crippen molar-refractivity contribution in [2.45, 2.75) is 25.8 Å². The molecular formula is C20H22N6S. The Balaban J connectivity index is 1.51. The molecule has 0 bridgehead atoms. The first-order chi connectivity index (χ1) is 13.3. The smallest absolute Gasteiger partial charge is 0.144 e. The highest BCUT2D eigenvalue weighted by Gasteiger charge is 2.23. The minimum atomic E-state index is 0.547. The molecule has 0 aliphatic carbocycles. The first-order valence-electron chi connectivity index (χ1n) is 9.56. The summed E-state index contributed by atoms with van der Waals surface area (Å²) in [6.07, 6.45) is 2.56. The van der Waals surface area contributed by atoms with Crippen LogP contribution in [0.2, 0.25) is 0 Å². The topological polar surface area (TPSA) is 65.2 Å². The van der Waals surface area contributed by atoms with E-state index < -0.39 is 0 Å². The number of thiophene rings is 1.